The van der Waals surface area contributed by atoms with Gasteiger partial charge in [0.15, 0.2) is 0 Å². The fourth-order valence-corrected chi connectivity index (χ4v) is 2.59. The minimum absolute atomic E-state index is 0.0294. The molecule has 0 aliphatic carbocycles. The SMILES string of the molecule is CC(CO)(CO)CNS(=O)(=O)c1ccc(Br)cc1. The maximum atomic E-state index is 11.9. The van der Waals surface area contributed by atoms with Crippen LogP contribution in [-0.2, 0) is 10.0 Å². The third-order valence-electron chi connectivity index (χ3n) is 2.58. The number of benzene rings is 1. The fourth-order valence-electron chi connectivity index (χ4n) is 1.13. The maximum absolute atomic E-state index is 11.9. The van der Waals surface area contributed by atoms with Crippen molar-refractivity contribution in [1.29, 1.82) is 0 Å². The second kappa shape index (κ2) is 6.12. The van der Waals surface area contributed by atoms with Crippen LogP contribution in [0.5, 0.6) is 0 Å². The van der Waals surface area contributed by atoms with Crippen molar-refractivity contribution in [2.75, 3.05) is 19.8 Å². The van der Waals surface area contributed by atoms with Crippen LogP contribution in [0, 0.1) is 5.41 Å². The molecule has 1 aromatic carbocycles. The Morgan fingerprint density at radius 3 is 2.17 bits per heavy atom. The lowest BCUT2D eigenvalue weighted by molar-refractivity contribution is 0.0743. The quantitative estimate of drug-likeness (QED) is 0.713. The number of aliphatic hydroxyl groups excluding tert-OH is 2. The summed E-state index contributed by atoms with van der Waals surface area (Å²) < 4.78 is 27.0. The molecule has 0 aliphatic heterocycles. The topological polar surface area (TPSA) is 86.6 Å². The highest BCUT2D eigenvalue weighted by atomic mass is 79.9. The summed E-state index contributed by atoms with van der Waals surface area (Å²) in [6.45, 7) is 0.966. The first-order valence-electron chi connectivity index (χ1n) is 5.30. The lowest BCUT2D eigenvalue weighted by atomic mass is 9.94. The summed E-state index contributed by atoms with van der Waals surface area (Å²) in [5, 5.41) is 18.2. The van der Waals surface area contributed by atoms with Crippen molar-refractivity contribution in [3.8, 4) is 0 Å². The number of hydrogen-bond donors (Lipinski definition) is 3. The van der Waals surface area contributed by atoms with Gasteiger partial charge in [-0.05, 0) is 24.3 Å². The molecular formula is C11H16BrNO4S. The van der Waals surface area contributed by atoms with E-state index < -0.39 is 15.4 Å². The third kappa shape index (κ3) is 4.03. The molecule has 18 heavy (non-hydrogen) atoms. The first kappa shape index (κ1) is 15.6. The van der Waals surface area contributed by atoms with Crippen LogP contribution in [0.3, 0.4) is 0 Å². The summed E-state index contributed by atoms with van der Waals surface area (Å²) in [6, 6.07) is 6.21. The van der Waals surface area contributed by atoms with E-state index in [0.717, 1.165) is 4.47 Å². The molecule has 3 N–H and O–H groups in total. The lowest BCUT2D eigenvalue weighted by Crippen LogP contribution is -2.40. The average Bonchev–Trinajstić information content (AvgIpc) is 2.37. The zero-order chi connectivity index (χ0) is 13.8. The van der Waals surface area contributed by atoms with Gasteiger partial charge in [-0.25, -0.2) is 13.1 Å². The Balaban J connectivity index is 2.80. The Kier molecular flexibility index (Phi) is 5.30. The first-order chi connectivity index (χ1) is 8.33. The van der Waals surface area contributed by atoms with Crippen molar-refractivity contribution >= 4 is 26.0 Å². The molecule has 1 aromatic rings. The first-order valence-corrected chi connectivity index (χ1v) is 7.57. The molecule has 0 unspecified atom stereocenters. The monoisotopic (exact) mass is 337 g/mol. The van der Waals surface area contributed by atoms with E-state index in [9.17, 15) is 8.42 Å². The van der Waals surface area contributed by atoms with Crippen LogP contribution in [0.1, 0.15) is 6.92 Å². The molecule has 0 aliphatic rings. The van der Waals surface area contributed by atoms with Gasteiger partial charge in [-0.3, -0.25) is 0 Å². The van der Waals surface area contributed by atoms with Crippen LogP contribution in [0.25, 0.3) is 0 Å². The molecule has 1 rings (SSSR count). The van der Waals surface area contributed by atoms with Gasteiger partial charge in [-0.1, -0.05) is 22.9 Å². The standard InChI is InChI=1S/C11H16BrNO4S/c1-11(7-14,8-15)6-13-18(16,17)10-4-2-9(12)3-5-10/h2-5,13-15H,6-8H2,1H3. The molecule has 102 valence electrons. The summed E-state index contributed by atoms with van der Waals surface area (Å²) in [4.78, 5) is 0.143. The summed E-state index contributed by atoms with van der Waals surface area (Å²) >= 11 is 3.22. The van der Waals surface area contributed by atoms with E-state index in [1.807, 2.05) is 0 Å². The molecule has 0 heterocycles. The van der Waals surface area contributed by atoms with Crippen LogP contribution in [-0.4, -0.2) is 38.4 Å². The van der Waals surface area contributed by atoms with Crippen molar-refractivity contribution < 1.29 is 18.6 Å². The Bertz CT molecular complexity index is 482. The third-order valence-corrected chi connectivity index (χ3v) is 4.52. The van der Waals surface area contributed by atoms with Crippen LogP contribution in [0.4, 0.5) is 0 Å². The van der Waals surface area contributed by atoms with Gasteiger partial charge in [0.1, 0.15) is 0 Å². The van der Waals surface area contributed by atoms with E-state index in [4.69, 9.17) is 10.2 Å². The van der Waals surface area contributed by atoms with Crippen molar-refractivity contribution in [1.82, 2.24) is 4.72 Å². The predicted octanol–water partition coefficient (Wildman–Crippen LogP) is 0.718. The fraction of sp³-hybridized carbons (Fsp3) is 0.455. The smallest absolute Gasteiger partial charge is 0.240 e. The summed E-state index contributed by atoms with van der Waals surface area (Å²) in [6.07, 6.45) is 0. The number of aliphatic hydroxyl groups is 2. The van der Waals surface area contributed by atoms with Crippen LogP contribution in [0.15, 0.2) is 33.6 Å². The van der Waals surface area contributed by atoms with Crippen molar-refractivity contribution in [2.24, 2.45) is 5.41 Å². The van der Waals surface area contributed by atoms with E-state index in [0.29, 0.717) is 0 Å². The van der Waals surface area contributed by atoms with Gasteiger partial charge >= 0.3 is 0 Å². The summed E-state index contributed by atoms with van der Waals surface area (Å²) in [7, 11) is -3.62. The van der Waals surface area contributed by atoms with Gasteiger partial charge < -0.3 is 10.2 Å². The summed E-state index contributed by atoms with van der Waals surface area (Å²) in [5.74, 6) is 0. The largest absolute Gasteiger partial charge is 0.396 e. The normalized spacial score (nSPS) is 12.7. The Morgan fingerprint density at radius 2 is 1.72 bits per heavy atom. The van der Waals surface area contributed by atoms with Gasteiger partial charge in [-0.2, -0.15) is 0 Å². The van der Waals surface area contributed by atoms with Gasteiger partial charge in [0, 0.05) is 16.4 Å². The Morgan fingerprint density at radius 1 is 1.22 bits per heavy atom. The minimum Gasteiger partial charge on any atom is -0.396 e. The van der Waals surface area contributed by atoms with E-state index in [1.54, 1.807) is 19.1 Å². The predicted molar refractivity (Wildman–Crippen MR) is 71.6 cm³/mol. The lowest BCUT2D eigenvalue weighted by Gasteiger charge is -2.24. The average molecular weight is 338 g/mol. The summed E-state index contributed by atoms with van der Waals surface area (Å²) in [5.41, 5.74) is -0.873. The number of nitrogens with one attached hydrogen (secondary N) is 1. The zero-order valence-electron chi connectivity index (χ0n) is 9.93. The molecule has 0 bridgehead atoms. The van der Waals surface area contributed by atoms with Crippen molar-refractivity contribution in [2.45, 2.75) is 11.8 Å². The molecule has 0 spiro atoms. The number of rotatable bonds is 6. The van der Waals surface area contributed by atoms with Gasteiger partial charge in [0.25, 0.3) is 0 Å². The molecule has 0 saturated carbocycles. The number of hydrogen-bond acceptors (Lipinski definition) is 4. The van der Waals surface area contributed by atoms with Crippen LogP contribution >= 0.6 is 15.9 Å². The Labute approximate surface area is 115 Å². The highest BCUT2D eigenvalue weighted by Crippen LogP contribution is 2.17. The Hall–Kier alpha value is -0.470. The van der Waals surface area contributed by atoms with Crippen molar-refractivity contribution in [3.05, 3.63) is 28.7 Å². The molecule has 7 heteroatoms. The molecule has 0 aromatic heterocycles. The van der Waals surface area contributed by atoms with Gasteiger partial charge in [0.05, 0.1) is 18.1 Å². The molecular weight excluding hydrogens is 322 g/mol. The van der Waals surface area contributed by atoms with E-state index >= 15 is 0 Å². The highest BCUT2D eigenvalue weighted by molar-refractivity contribution is 9.10. The molecule has 0 atom stereocenters. The number of halogens is 1. The number of sulfonamides is 1. The van der Waals surface area contributed by atoms with E-state index in [-0.39, 0.29) is 24.7 Å². The second-order valence-electron chi connectivity index (χ2n) is 4.41. The molecule has 0 fully saturated rings. The molecule has 0 amide bonds. The van der Waals surface area contributed by atoms with Crippen LogP contribution in [0.2, 0.25) is 0 Å². The molecule has 0 radical (unpaired) electrons. The minimum atomic E-state index is -3.62. The second-order valence-corrected chi connectivity index (χ2v) is 7.09. The van der Waals surface area contributed by atoms with E-state index in [1.165, 1.54) is 12.1 Å². The van der Waals surface area contributed by atoms with Gasteiger partial charge in [0.2, 0.25) is 10.0 Å². The van der Waals surface area contributed by atoms with E-state index in [2.05, 4.69) is 20.7 Å². The van der Waals surface area contributed by atoms with Gasteiger partial charge in [-0.15, -0.1) is 0 Å². The highest BCUT2D eigenvalue weighted by Gasteiger charge is 2.25. The van der Waals surface area contributed by atoms with Crippen molar-refractivity contribution in [3.63, 3.8) is 0 Å². The zero-order valence-corrected chi connectivity index (χ0v) is 12.3. The van der Waals surface area contributed by atoms with Crippen LogP contribution < -0.4 is 4.72 Å². The molecule has 0 saturated heterocycles. The molecule has 5 nitrogen and oxygen atoms in total. The maximum Gasteiger partial charge on any atom is 0.240 e.